The van der Waals surface area contributed by atoms with E-state index in [1.54, 1.807) is 0 Å². The van der Waals surface area contributed by atoms with E-state index in [4.69, 9.17) is 0 Å². The molecule has 1 aliphatic heterocycles. The summed E-state index contributed by atoms with van der Waals surface area (Å²) in [5, 5.41) is 5.78. The van der Waals surface area contributed by atoms with Gasteiger partial charge in [-0.05, 0) is 37.0 Å². The first kappa shape index (κ1) is 20.3. The summed E-state index contributed by atoms with van der Waals surface area (Å²) in [5.74, 6) is -0.721. The molecule has 26 heavy (non-hydrogen) atoms. The summed E-state index contributed by atoms with van der Waals surface area (Å²) in [6, 6.07) is 4.33. The summed E-state index contributed by atoms with van der Waals surface area (Å²) in [5.41, 5.74) is 0.602. The normalized spacial score (nSPS) is 20.2. The Balaban J connectivity index is 1.92. The second kappa shape index (κ2) is 8.15. The molecule has 146 valence electrons. The summed E-state index contributed by atoms with van der Waals surface area (Å²) in [4.78, 5) is 11.8. The number of hydrogen-bond donors (Lipinski definition) is 2. The predicted molar refractivity (Wildman–Crippen MR) is 80.5 cm³/mol. The Morgan fingerprint density at radius 2 is 1.81 bits per heavy atom. The van der Waals surface area contributed by atoms with E-state index in [9.17, 15) is 31.1 Å². The van der Waals surface area contributed by atoms with Crippen LogP contribution in [0.25, 0.3) is 0 Å². The minimum absolute atomic E-state index is 0.122. The van der Waals surface area contributed by atoms with Crippen molar-refractivity contribution in [1.29, 1.82) is 0 Å². The van der Waals surface area contributed by atoms with E-state index in [-0.39, 0.29) is 18.5 Å². The first-order chi connectivity index (χ1) is 12.1. The number of nitrogens with one attached hydrogen (secondary N) is 2. The number of alkyl halides is 6. The van der Waals surface area contributed by atoms with Gasteiger partial charge in [0, 0.05) is 13.1 Å². The minimum atomic E-state index is -5.73. The van der Waals surface area contributed by atoms with E-state index >= 15 is 0 Å². The van der Waals surface area contributed by atoms with Gasteiger partial charge in [-0.15, -0.1) is 0 Å². The maximum absolute atomic E-state index is 13.2. The van der Waals surface area contributed by atoms with Gasteiger partial charge >= 0.3 is 12.3 Å². The minimum Gasteiger partial charge on any atom is -0.430 e. The molecular weight excluding hydrogens is 366 g/mol. The molecule has 1 fully saturated rings. The summed E-state index contributed by atoms with van der Waals surface area (Å²) in [6.07, 6.45) is -12.8. The Hall–Kier alpha value is -1.97. The van der Waals surface area contributed by atoms with Crippen LogP contribution in [0.15, 0.2) is 24.3 Å². The molecule has 2 unspecified atom stereocenters. The predicted octanol–water partition coefficient (Wildman–Crippen LogP) is 3.32. The number of carbonyl (C=O) groups is 1. The van der Waals surface area contributed by atoms with Gasteiger partial charge in [0.15, 0.2) is 0 Å². The number of carbonyl (C=O) groups excluding carboxylic acids is 1. The average molecular weight is 384 g/mol. The van der Waals surface area contributed by atoms with Gasteiger partial charge in [0.2, 0.25) is 5.91 Å². The summed E-state index contributed by atoms with van der Waals surface area (Å²) in [7, 11) is 0. The van der Waals surface area contributed by atoms with E-state index in [1.807, 2.05) is 0 Å². The second-order valence-corrected chi connectivity index (χ2v) is 5.93. The van der Waals surface area contributed by atoms with E-state index in [1.165, 1.54) is 12.1 Å². The quantitative estimate of drug-likeness (QED) is 0.740. The number of rotatable bonds is 6. The lowest BCUT2D eigenvalue weighted by molar-refractivity contribution is -0.304. The van der Waals surface area contributed by atoms with Gasteiger partial charge < -0.3 is 15.4 Å². The second-order valence-electron chi connectivity index (χ2n) is 5.93. The molecular formula is C16H18F6N2O2. The lowest BCUT2D eigenvalue weighted by atomic mass is 10.1. The molecule has 1 aliphatic rings. The van der Waals surface area contributed by atoms with E-state index < -0.39 is 24.2 Å². The molecule has 2 N–H and O–H groups in total. The highest BCUT2D eigenvalue weighted by Crippen LogP contribution is 2.36. The van der Waals surface area contributed by atoms with Crippen LogP contribution >= 0.6 is 0 Å². The Morgan fingerprint density at radius 1 is 1.15 bits per heavy atom. The Bertz CT molecular complexity index is 606. The zero-order chi connectivity index (χ0) is 19.4. The van der Waals surface area contributed by atoms with Crippen LogP contribution in [0.4, 0.5) is 26.3 Å². The van der Waals surface area contributed by atoms with Crippen molar-refractivity contribution >= 4 is 5.91 Å². The van der Waals surface area contributed by atoms with Crippen LogP contribution in [0.1, 0.15) is 24.8 Å². The molecule has 0 saturated carbocycles. The molecule has 0 radical (unpaired) electrons. The Kier molecular flexibility index (Phi) is 6.38. The highest BCUT2D eigenvalue weighted by atomic mass is 19.4. The van der Waals surface area contributed by atoms with Crippen LogP contribution < -0.4 is 15.4 Å². The van der Waals surface area contributed by atoms with Crippen LogP contribution in [0, 0.1) is 0 Å². The molecule has 2 rings (SSSR count). The molecule has 0 aliphatic carbocycles. The third kappa shape index (κ3) is 5.52. The van der Waals surface area contributed by atoms with Crippen LogP contribution in [0.5, 0.6) is 5.75 Å². The van der Waals surface area contributed by atoms with Gasteiger partial charge in [-0.2, -0.15) is 22.0 Å². The maximum Gasteiger partial charge on any atom is 0.439 e. The van der Waals surface area contributed by atoms with Crippen LogP contribution in [-0.4, -0.2) is 37.0 Å². The highest BCUT2D eigenvalue weighted by molar-refractivity contribution is 5.81. The number of ether oxygens (including phenoxy) is 1. The van der Waals surface area contributed by atoms with E-state index in [2.05, 4.69) is 15.4 Å². The highest BCUT2D eigenvalue weighted by Gasteiger charge is 2.59. The lowest BCUT2D eigenvalue weighted by Crippen LogP contribution is -2.45. The van der Waals surface area contributed by atoms with Gasteiger partial charge in [-0.3, -0.25) is 4.79 Å². The number of amides is 1. The SMILES string of the molecule is O=C1NCCCCC1NCc1ccc(OC(F)(F)C(F)C(F)(F)F)cc1. The molecule has 1 aromatic carbocycles. The Morgan fingerprint density at radius 3 is 2.42 bits per heavy atom. The summed E-state index contributed by atoms with van der Waals surface area (Å²) < 4.78 is 79.3. The third-order valence-corrected chi connectivity index (χ3v) is 3.85. The fraction of sp³-hybridized carbons (Fsp3) is 0.562. The first-order valence-corrected chi connectivity index (χ1v) is 7.97. The van der Waals surface area contributed by atoms with Gasteiger partial charge in [0.25, 0.3) is 6.17 Å². The molecule has 1 amide bonds. The number of benzene rings is 1. The van der Waals surface area contributed by atoms with Gasteiger partial charge in [0.05, 0.1) is 6.04 Å². The van der Waals surface area contributed by atoms with Crippen molar-refractivity contribution in [2.75, 3.05) is 6.54 Å². The number of hydrogen-bond acceptors (Lipinski definition) is 3. The van der Waals surface area contributed by atoms with E-state index in [0.717, 1.165) is 25.0 Å². The Labute approximate surface area is 145 Å². The number of halogens is 6. The molecule has 0 bridgehead atoms. The molecule has 0 spiro atoms. The maximum atomic E-state index is 13.2. The third-order valence-electron chi connectivity index (χ3n) is 3.85. The van der Waals surface area contributed by atoms with E-state index in [0.29, 0.717) is 18.5 Å². The zero-order valence-corrected chi connectivity index (χ0v) is 13.6. The zero-order valence-electron chi connectivity index (χ0n) is 13.6. The van der Waals surface area contributed by atoms with Gasteiger partial charge in [-0.1, -0.05) is 12.1 Å². The standard InChI is InChI=1S/C16H18F6N2O2/c17-14(15(18,19)20)16(21,22)26-11-6-4-10(5-7-11)9-24-12-3-1-2-8-23-13(12)25/h4-7,12,14,24H,1-3,8-9H2,(H,23,25). The van der Waals surface area contributed by atoms with Crippen molar-refractivity contribution in [2.24, 2.45) is 0 Å². The van der Waals surface area contributed by atoms with Crippen LogP contribution in [0.3, 0.4) is 0 Å². The van der Waals surface area contributed by atoms with Crippen molar-refractivity contribution in [3.8, 4) is 5.75 Å². The smallest absolute Gasteiger partial charge is 0.430 e. The monoisotopic (exact) mass is 384 g/mol. The van der Waals surface area contributed by atoms with Gasteiger partial charge in [-0.25, -0.2) is 4.39 Å². The summed E-state index contributed by atoms with van der Waals surface area (Å²) >= 11 is 0. The molecule has 1 aromatic rings. The van der Waals surface area contributed by atoms with Crippen LogP contribution in [-0.2, 0) is 11.3 Å². The topological polar surface area (TPSA) is 50.4 Å². The van der Waals surface area contributed by atoms with Crippen molar-refractivity contribution in [3.63, 3.8) is 0 Å². The average Bonchev–Trinajstić information content (AvgIpc) is 2.77. The first-order valence-electron chi connectivity index (χ1n) is 7.97. The fourth-order valence-electron chi connectivity index (χ4n) is 2.45. The van der Waals surface area contributed by atoms with Gasteiger partial charge in [0.1, 0.15) is 5.75 Å². The van der Waals surface area contributed by atoms with Crippen molar-refractivity contribution < 1.29 is 35.9 Å². The lowest BCUT2D eigenvalue weighted by Gasteiger charge is -2.23. The van der Waals surface area contributed by atoms with Crippen LogP contribution in [0.2, 0.25) is 0 Å². The largest absolute Gasteiger partial charge is 0.439 e. The molecule has 10 heteroatoms. The molecule has 0 aromatic heterocycles. The molecule has 2 atom stereocenters. The molecule has 1 saturated heterocycles. The molecule has 4 nitrogen and oxygen atoms in total. The molecule has 1 heterocycles. The van der Waals surface area contributed by atoms with Crippen molar-refractivity contribution in [3.05, 3.63) is 29.8 Å². The fourth-order valence-corrected chi connectivity index (χ4v) is 2.45. The summed E-state index contributed by atoms with van der Waals surface area (Å²) in [6.45, 7) is 0.869. The van der Waals surface area contributed by atoms with Crippen molar-refractivity contribution in [1.82, 2.24) is 10.6 Å². The van der Waals surface area contributed by atoms with Crippen molar-refractivity contribution in [2.45, 2.75) is 50.3 Å².